The molecule has 0 fully saturated rings. The van der Waals surface area contributed by atoms with Crippen molar-refractivity contribution in [3.05, 3.63) is 0 Å². The van der Waals surface area contributed by atoms with Crippen molar-refractivity contribution in [3.8, 4) is 0 Å². The zero-order valence-corrected chi connectivity index (χ0v) is 5.38. The van der Waals surface area contributed by atoms with Crippen LogP contribution < -0.4 is 11.6 Å². The largest absolute Gasteiger partial charge is 0.480 e. The first-order valence-electron chi connectivity index (χ1n) is 1.98. The molecule has 0 radical (unpaired) electrons. The zero-order valence-electron chi connectivity index (χ0n) is 4.62. The second-order valence-electron chi connectivity index (χ2n) is 1.10. The maximum Gasteiger partial charge on any atom is 0.321 e. The van der Waals surface area contributed by atoms with Crippen molar-refractivity contribution in [2.45, 2.75) is 6.04 Å². The topological polar surface area (TPSA) is 110 Å². The van der Waals surface area contributed by atoms with E-state index in [1.807, 2.05) is 0 Å². The molecule has 0 bridgehead atoms. The van der Waals surface area contributed by atoms with Crippen LogP contribution in [0.2, 0.25) is 0 Å². The van der Waals surface area contributed by atoms with Gasteiger partial charge in [0.25, 0.3) is 0 Å². The van der Waals surface area contributed by atoms with Gasteiger partial charge in [-0.2, -0.15) is 0 Å². The van der Waals surface area contributed by atoms with E-state index in [9.17, 15) is 4.79 Å². The number of hydrogen-bond donors (Lipinski definition) is 4. The molecule has 9 heavy (non-hydrogen) atoms. The summed E-state index contributed by atoms with van der Waals surface area (Å²) in [5.41, 5.74) is 4.88. The Morgan fingerprint density at radius 1 is 1.67 bits per heavy atom. The van der Waals surface area contributed by atoms with E-state index in [4.69, 9.17) is 27.6 Å². The molecule has 0 saturated carbocycles. The summed E-state index contributed by atoms with van der Waals surface area (Å²) in [6.07, 6.45) is 0. The van der Waals surface area contributed by atoms with Crippen molar-refractivity contribution in [3.63, 3.8) is 0 Å². The van der Waals surface area contributed by atoms with Gasteiger partial charge in [0.05, 0.1) is 0 Å². The predicted molar refractivity (Wildman–Crippen MR) is 32.3 cm³/mol. The van der Waals surface area contributed by atoms with Crippen LogP contribution in [0.4, 0.5) is 0 Å². The van der Waals surface area contributed by atoms with Gasteiger partial charge in [-0.3, -0.25) is 4.79 Å². The van der Waals surface area contributed by atoms with E-state index >= 15 is 0 Å². The van der Waals surface area contributed by atoms with Gasteiger partial charge in [0.15, 0.2) is 0 Å². The Labute approximate surface area is 57.2 Å². The molecule has 0 aliphatic heterocycles. The summed E-state index contributed by atoms with van der Waals surface area (Å²) in [6, 6.07) is -0.915. The predicted octanol–water partition coefficient (Wildman–Crippen LogP) is -1.03. The molecular formula is C3H9ClN2O3. The van der Waals surface area contributed by atoms with Crippen LogP contribution in [0.5, 0.6) is 0 Å². The van der Waals surface area contributed by atoms with Crippen LogP contribution in [0.25, 0.3) is 0 Å². The van der Waals surface area contributed by atoms with Crippen molar-refractivity contribution in [2.24, 2.45) is 11.6 Å². The number of carbonyl (C=O) groups is 1. The molecule has 0 spiro atoms. The van der Waals surface area contributed by atoms with E-state index < -0.39 is 12.0 Å². The van der Waals surface area contributed by atoms with Crippen molar-refractivity contribution in [1.29, 1.82) is 0 Å². The lowest BCUT2D eigenvalue weighted by atomic mass is 10.4. The highest BCUT2D eigenvalue weighted by molar-refractivity contribution is 6.19. The molecule has 0 heterocycles. The van der Waals surface area contributed by atoms with E-state index in [0.29, 0.717) is 0 Å². The lowest BCUT2D eigenvalue weighted by Gasteiger charge is -1.95. The molecule has 1 atom stereocenters. The maximum atomic E-state index is 9.72. The molecule has 0 amide bonds. The van der Waals surface area contributed by atoms with Crippen molar-refractivity contribution >= 4 is 17.6 Å². The fraction of sp³-hybridized carbons (Fsp3) is 0.667. The van der Waals surface area contributed by atoms with Crippen molar-refractivity contribution < 1.29 is 15.1 Å². The zero-order chi connectivity index (χ0) is 7.86. The van der Waals surface area contributed by atoms with Gasteiger partial charge < -0.3 is 16.0 Å². The van der Waals surface area contributed by atoms with Crippen LogP contribution in [0.15, 0.2) is 0 Å². The van der Waals surface area contributed by atoms with Crippen LogP contribution in [0.3, 0.4) is 0 Å². The van der Waals surface area contributed by atoms with E-state index in [-0.39, 0.29) is 5.88 Å². The van der Waals surface area contributed by atoms with Crippen molar-refractivity contribution in [2.75, 3.05) is 5.88 Å². The number of carboxylic acid groups (broad SMARTS) is 1. The smallest absolute Gasteiger partial charge is 0.321 e. The second-order valence-corrected chi connectivity index (χ2v) is 1.41. The summed E-state index contributed by atoms with van der Waals surface area (Å²) in [5, 5.41) is 14.5. The third-order valence-electron chi connectivity index (χ3n) is 0.483. The summed E-state index contributed by atoms with van der Waals surface area (Å²) in [4.78, 5) is 9.72. The second kappa shape index (κ2) is 7.64. The van der Waals surface area contributed by atoms with E-state index in [0.717, 1.165) is 0 Å². The number of aliphatic carboxylic acids is 1. The Kier molecular flexibility index (Phi) is 9.71. The lowest BCUT2D eigenvalue weighted by molar-refractivity contribution is -0.137. The SMILES string of the molecule is NO.N[C@@H](CCl)C(=O)O. The minimum absolute atomic E-state index is 0.0324. The van der Waals surface area contributed by atoms with E-state index in [1.165, 1.54) is 0 Å². The molecule has 0 aromatic carbocycles. The van der Waals surface area contributed by atoms with Gasteiger partial charge in [-0.25, -0.2) is 5.90 Å². The molecule has 0 aliphatic carbocycles. The third-order valence-corrected chi connectivity index (χ3v) is 0.816. The van der Waals surface area contributed by atoms with Gasteiger partial charge in [-0.05, 0) is 0 Å². The first-order valence-corrected chi connectivity index (χ1v) is 2.52. The Hall–Kier alpha value is -0.360. The van der Waals surface area contributed by atoms with Gasteiger partial charge in [0.2, 0.25) is 0 Å². The van der Waals surface area contributed by atoms with Gasteiger partial charge in [-0.15, -0.1) is 11.6 Å². The number of alkyl halides is 1. The molecule has 5 nitrogen and oxygen atoms in total. The van der Waals surface area contributed by atoms with Gasteiger partial charge in [0, 0.05) is 5.88 Å². The molecule has 6 heteroatoms. The number of carboxylic acids is 1. The monoisotopic (exact) mass is 156 g/mol. The van der Waals surface area contributed by atoms with Gasteiger partial charge in [-0.1, -0.05) is 0 Å². The molecule has 0 aliphatic rings. The van der Waals surface area contributed by atoms with Gasteiger partial charge in [0.1, 0.15) is 6.04 Å². The molecule has 0 aromatic rings. The summed E-state index contributed by atoms with van der Waals surface area (Å²) >= 11 is 5.04. The average molecular weight is 157 g/mol. The highest BCUT2D eigenvalue weighted by atomic mass is 35.5. The summed E-state index contributed by atoms with van der Waals surface area (Å²) < 4.78 is 0. The van der Waals surface area contributed by atoms with E-state index in [1.54, 1.807) is 0 Å². The molecule has 0 rings (SSSR count). The molecule has 6 N–H and O–H groups in total. The van der Waals surface area contributed by atoms with E-state index in [2.05, 4.69) is 5.90 Å². The normalized spacial score (nSPS) is 11.1. The Bertz CT molecular complexity index is 79.5. The van der Waals surface area contributed by atoms with Crippen LogP contribution in [0, 0.1) is 0 Å². The fourth-order valence-corrected chi connectivity index (χ4v) is 0.198. The Morgan fingerprint density at radius 3 is 2.00 bits per heavy atom. The van der Waals surface area contributed by atoms with Crippen LogP contribution >= 0.6 is 11.6 Å². The van der Waals surface area contributed by atoms with Crippen LogP contribution in [-0.2, 0) is 4.79 Å². The first kappa shape index (κ1) is 11.4. The van der Waals surface area contributed by atoms with Crippen molar-refractivity contribution in [1.82, 2.24) is 0 Å². The molecule has 0 aromatic heterocycles. The molecule has 56 valence electrons. The Morgan fingerprint density at radius 2 is 2.00 bits per heavy atom. The number of rotatable bonds is 2. The highest BCUT2D eigenvalue weighted by Gasteiger charge is 2.07. The third kappa shape index (κ3) is 7.64. The maximum absolute atomic E-state index is 9.72. The van der Waals surface area contributed by atoms with Crippen LogP contribution in [0.1, 0.15) is 0 Å². The standard InChI is InChI=1S/C3H6ClNO2.H3NO/c4-1-2(5)3(6)7;1-2/h2H,1,5H2,(H,6,7);2H,1H2/t2-;/m0./s1. The average Bonchev–Trinajstić information content (AvgIpc) is 1.91. The minimum Gasteiger partial charge on any atom is -0.480 e. The minimum atomic E-state index is -1.06. The molecule has 0 saturated heterocycles. The van der Waals surface area contributed by atoms with Crippen LogP contribution in [-0.4, -0.2) is 28.2 Å². The lowest BCUT2D eigenvalue weighted by Crippen LogP contribution is -2.31. The number of hydrogen-bond acceptors (Lipinski definition) is 4. The quantitative estimate of drug-likeness (QED) is 0.302. The molecule has 0 unspecified atom stereocenters. The first-order chi connectivity index (χ1) is 4.18. The Balaban J connectivity index is 0. The summed E-state index contributed by atoms with van der Waals surface area (Å²) in [5.74, 6) is 2.41. The number of halogens is 1. The molecular weight excluding hydrogens is 147 g/mol. The van der Waals surface area contributed by atoms with Gasteiger partial charge >= 0.3 is 5.97 Å². The number of nitrogens with two attached hydrogens (primary N) is 2. The highest BCUT2D eigenvalue weighted by Crippen LogP contribution is 1.80. The fourth-order valence-electron chi connectivity index (χ4n) is 0.0660. The summed E-state index contributed by atoms with van der Waals surface area (Å²) in [7, 11) is 0. The summed E-state index contributed by atoms with van der Waals surface area (Å²) in [6.45, 7) is 0.